The number of nitrogens with one attached hydrogen (secondary N) is 1. The van der Waals surface area contributed by atoms with Crippen molar-refractivity contribution in [3.8, 4) is 0 Å². The van der Waals surface area contributed by atoms with Crippen molar-refractivity contribution in [2.45, 2.75) is 23.4 Å². The molecule has 1 amide bonds. The summed E-state index contributed by atoms with van der Waals surface area (Å²) >= 11 is 0. The molecule has 8 heteroatoms. The number of amides is 1. The van der Waals surface area contributed by atoms with Crippen LogP contribution in [-0.2, 0) is 9.84 Å². The average Bonchev–Trinajstić information content (AvgIpc) is 2.97. The molecule has 1 aliphatic rings. The number of nitrogens with zero attached hydrogens (tertiary/aromatic N) is 1. The van der Waals surface area contributed by atoms with Gasteiger partial charge in [-0.1, -0.05) is 18.2 Å². The van der Waals surface area contributed by atoms with Crippen LogP contribution >= 0.6 is 0 Å². The number of carbonyl (C=O) groups excluding carboxylic acids is 1. The molecule has 2 aromatic rings. The number of halogens is 2. The highest BCUT2D eigenvalue weighted by Gasteiger charge is 2.35. The van der Waals surface area contributed by atoms with Gasteiger partial charge in [0.1, 0.15) is 0 Å². The fraction of sp³-hybridized carbons (Fsp3) is 0.316. The molecule has 1 aliphatic heterocycles. The molecule has 5 nitrogen and oxygen atoms in total. The van der Waals surface area contributed by atoms with Crippen LogP contribution in [0, 0.1) is 11.6 Å². The van der Waals surface area contributed by atoms with Crippen LogP contribution in [0.5, 0.6) is 0 Å². The van der Waals surface area contributed by atoms with Gasteiger partial charge < -0.3 is 5.32 Å². The predicted molar refractivity (Wildman–Crippen MR) is 97.2 cm³/mol. The van der Waals surface area contributed by atoms with Crippen LogP contribution in [0.1, 0.15) is 28.4 Å². The van der Waals surface area contributed by atoms with E-state index >= 15 is 0 Å². The molecule has 1 saturated heterocycles. The first kappa shape index (κ1) is 19.4. The second kappa shape index (κ2) is 7.36. The van der Waals surface area contributed by atoms with E-state index in [1.807, 2.05) is 11.9 Å². The molecule has 0 radical (unpaired) electrons. The van der Waals surface area contributed by atoms with E-state index in [1.165, 1.54) is 18.2 Å². The molecule has 0 saturated carbocycles. The number of sulfone groups is 1. The predicted octanol–water partition coefficient (Wildman–Crippen LogP) is 2.54. The number of likely N-dealkylation sites (N-methyl/N-ethyl adjacent to an activating group) is 1. The number of likely N-dealkylation sites (tertiary alicyclic amines) is 1. The molecule has 2 aromatic carbocycles. The van der Waals surface area contributed by atoms with Gasteiger partial charge in [0.15, 0.2) is 21.5 Å². The van der Waals surface area contributed by atoms with Crippen LogP contribution in [0.2, 0.25) is 0 Å². The molecule has 0 spiro atoms. The molecule has 0 aromatic heterocycles. The Morgan fingerprint density at radius 2 is 1.85 bits per heavy atom. The van der Waals surface area contributed by atoms with E-state index < -0.39 is 27.4 Å². The fourth-order valence-corrected chi connectivity index (χ4v) is 4.39. The van der Waals surface area contributed by atoms with E-state index in [9.17, 15) is 22.0 Å². The maximum Gasteiger partial charge on any atom is 0.252 e. The van der Waals surface area contributed by atoms with E-state index in [1.54, 1.807) is 12.1 Å². The van der Waals surface area contributed by atoms with Crippen molar-refractivity contribution in [1.82, 2.24) is 10.2 Å². The van der Waals surface area contributed by atoms with Crippen molar-refractivity contribution >= 4 is 15.7 Å². The summed E-state index contributed by atoms with van der Waals surface area (Å²) in [6.07, 6.45) is 1.65. The van der Waals surface area contributed by atoms with Crippen molar-refractivity contribution in [1.29, 1.82) is 0 Å². The number of hydrogen-bond donors (Lipinski definition) is 1. The highest BCUT2D eigenvalue weighted by molar-refractivity contribution is 7.90. The monoisotopic (exact) mass is 394 g/mol. The SMILES string of the molecule is CN1CC[C@H](NC(=O)c2ccccc2S(C)(=O)=O)[C@H]1c1ccc(F)c(F)c1. The Hall–Kier alpha value is -2.32. The number of rotatable bonds is 4. The zero-order chi connectivity index (χ0) is 19.8. The smallest absolute Gasteiger partial charge is 0.252 e. The third-order valence-electron chi connectivity index (χ3n) is 4.78. The molecular weight excluding hydrogens is 374 g/mol. The minimum Gasteiger partial charge on any atom is -0.347 e. The van der Waals surface area contributed by atoms with Crippen LogP contribution in [0.4, 0.5) is 8.78 Å². The summed E-state index contributed by atoms with van der Waals surface area (Å²) in [6.45, 7) is 0.655. The molecule has 3 rings (SSSR count). The molecule has 1 heterocycles. The van der Waals surface area contributed by atoms with Crippen molar-refractivity contribution in [2.24, 2.45) is 0 Å². The summed E-state index contributed by atoms with van der Waals surface area (Å²) < 4.78 is 50.8. The van der Waals surface area contributed by atoms with E-state index in [-0.39, 0.29) is 22.5 Å². The Balaban J connectivity index is 1.88. The minimum absolute atomic E-state index is 0.0433. The van der Waals surface area contributed by atoms with Gasteiger partial charge in [-0.3, -0.25) is 9.69 Å². The average molecular weight is 394 g/mol. The van der Waals surface area contributed by atoms with Crippen LogP contribution in [0.3, 0.4) is 0 Å². The van der Waals surface area contributed by atoms with E-state index in [0.29, 0.717) is 18.5 Å². The number of benzene rings is 2. The standard InChI is InChI=1S/C19H20F2N2O3S/c1-23-10-9-16(18(23)12-7-8-14(20)15(21)11-12)22-19(24)13-5-3-4-6-17(13)27(2,25)26/h3-8,11,16,18H,9-10H2,1-2H3,(H,22,24)/t16-,18+/m0/s1. The van der Waals surface area contributed by atoms with Crippen LogP contribution in [-0.4, -0.2) is 45.1 Å². The molecule has 2 atom stereocenters. The van der Waals surface area contributed by atoms with Crippen molar-refractivity contribution in [3.63, 3.8) is 0 Å². The summed E-state index contributed by atoms with van der Waals surface area (Å²) in [5, 5.41) is 2.86. The lowest BCUT2D eigenvalue weighted by Crippen LogP contribution is -2.39. The summed E-state index contributed by atoms with van der Waals surface area (Å²) in [7, 11) is -1.73. The maximum atomic E-state index is 13.7. The lowest BCUT2D eigenvalue weighted by Gasteiger charge is -2.26. The third kappa shape index (κ3) is 4.01. The number of hydrogen-bond acceptors (Lipinski definition) is 4. The third-order valence-corrected chi connectivity index (χ3v) is 5.94. The highest BCUT2D eigenvalue weighted by Crippen LogP contribution is 2.32. The van der Waals surface area contributed by atoms with Crippen molar-refractivity contribution in [3.05, 3.63) is 65.2 Å². The van der Waals surface area contributed by atoms with E-state index in [0.717, 1.165) is 18.4 Å². The zero-order valence-corrected chi connectivity index (χ0v) is 15.8. The summed E-state index contributed by atoms with van der Waals surface area (Å²) in [5.74, 6) is -2.38. The second-order valence-corrected chi connectivity index (χ2v) is 8.72. The summed E-state index contributed by atoms with van der Waals surface area (Å²) in [6, 6.07) is 8.98. The van der Waals surface area contributed by atoms with Crippen LogP contribution < -0.4 is 5.32 Å². The first-order valence-corrected chi connectivity index (χ1v) is 10.3. The zero-order valence-electron chi connectivity index (χ0n) is 14.9. The van der Waals surface area contributed by atoms with Crippen LogP contribution in [0.25, 0.3) is 0 Å². The Morgan fingerprint density at radius 1 is 1.15 bits per heavy atom. The highest BCUT2D eigenvalue weighted by atomic mass is 32.2. The quantitative estimate of drug-likeness (QED) is 0.866. The largest absolute Gasteiger partial charge is 0.347 e. The molecule has 1 fully saturated rings. The normalized spacial score (nSPS) is 20.6. The molecule has 0 unspecified atom stereocenters. The minimum atomic E-state index is -3.56. The van der Waals surface area contributed by atoms with Gasteiger partial charge in [-0.2, -0.15) is 0 Å². The van der Waals surface area contributed by atoms with Crippen molar-refractivity contribution < 1.29 is 22.0 Å². The fourth-order valence-electron chi connectivity index (χ4n) is 3.50. The molecule has 0 bridgehead atoms. The van der Waals surface area contributed by atoms with Gasteiger partial charge in [0, 0.05) is 12.8 Å². The van der Waals surface area contributed by atoms with Gasteiger partial charge in [-0.25, -0.2) is 17.2 Å². The molecule has 0 aliphatic carbocycles. The topological polar surface area (TPSA) is 66.5 Å². The van der Waals surface area contributed by atoms with E-state index in [4.69, 9.17) is 0 Å². The Kier molecular flexibility index (Phi) is 5.30. The Morgan fingerprint density at radius 3 is 2.52 bits per heavy atom. The van der Waals surface area contributed by atoms with Gasteiger partial charge in [-0.05, 0) is 43.3 Å². The Bertz CT molecular complexity index is 979. The Labute approximate surface area is 156 Å². The lowest BCUT2D eigenvalue weighted by atomic mass is 9.99. The lowest BCUT2D eigenvalue weighted by molar-refractivity contribution is 0.0924. The van der Waals surface area contributed by atoms with Crippen LogP contribution in [0.15, 0.2) is 47.4 Å². The maximum absolute atomic E-state index is 13.7. The van der Waals surface area contributed by atoms with Gasteiger partial charge in [0.25, 0.3) is 5.91 Å². The van der Waals surface area contributed by atoms with Gasteiger partial charge in [0.05, 0.1) is 22.5 Å². The first-order chi connectivity index (χ1) is 12.7. The molecule has 144 valence electrons. The summed E-state index contributed by atoms with van der Waals surface area (Å²) in [5.41, 5.74) is 0.620. The molecule has 27 heavy (non-hydrogen) atoms. The van der Waals surface area contributed by atoms with E-state index in [2.05, 4.69) is 5.32 Å². The molecule has 1 N–H and O–H groups in total. The number of carbonyl (C=O) groups is 1. The van der Waals surface area contributed by atoms with Gasteiger partial charge in [-0.15, -0.1) is 0 Å². The molecular formula is C19H20F2N2O3S. The van der Waals surface area contributed by atoms with Crippen molar-refractivity contribution in [2.75, 3.05) is 19.8 Å². The second-order valence-electron chi connectivity index (χ2n) is 6.74. The summed E-state index contributed by atoms with van der Waals surface area (Å²) in [4.78, 5) is 14.6. The van der Waals surface area contributed by atoms with Gasteiger partial charge in [0.2, 0.25) is 0 Å². The van der Waals surface area contributed by atoms with Gasteiger partial charge >= 0.3 is 0 Å². The first-order valence-electron chi connectivity index (χ1n) is 8.43.